The average molecular weight is 697 g/mol. The van der Waals surface area contributed by atoms with Crippen LogP contribution in [0.5, 0.6) is 0 Å². The van der Waals surface area contributed by atoms with Crippen LogP contribution >= 0.6 is 23.1 Å². The molecule has 10 nitrogen and oxygen atoms in total. The summed E-state index contributed by atoms with van der Waals surface area (Å²) in [5.74, 6) is -1.21. The number of H-pyrrole nitrogens is 1. The van der Waals surface area contributed by atoms with Crippen molar-refractivity contribution in [3.8, 4) is 16.8 Å². The van der Waals surface area contributed by atoms with Gasteiger partial charge in [-0.1, -0.05) is 86.3 Å². The maximum atomic E-state index is 14.3. The number of nitrogens with two attached hydrogens (primary N) is 1. The molecule has 49 heavy (non-hydrogen) atoms. The second-order valence-corrected chi connectivity index (χ2v) is 14.0. The van der Waals surface area contributed by atoms with Gasteiger partial charge in [0.2, 0.25) is 5.91 Å². The predicted octanol–water partition coefficient (Wildman–Crippen LogP) is 5.82. The number of halogens is 1. The van der Waals surface area contributed by atoms with Crippen LogP contribution in [0.25, 0.3) is 27.0 Å². The van der Waals surface area contributed by atoms with E-state index < -0.39 is 17.2 Å². The molecule has 0 aliphatic heterocycles. The number of aromatic amines is 1. The van der Waals surface area contributed by atoms with Crippen molar-refractivity contribution in [3.63, 3.8) is 0 Å². The van der Waals surface area contributed by atoms with Gasteiger partial charge in [-0.2, -0.15) is 0 Å². The van der Waals surface area contributed by atoms with E-state index in [0.717, 1.165) is 22.2 Å². The Morgan fingerprint density at radius 1 is 1.00 bits per heavy atom. The van der Waals surface area contributed by atoms with Gasteiger partial charge in [-0.05, 0) is 48.2 Å². The predicted molar refractivity (Wildman–Crippen MR) is 195 cm³/mol. The van der Waals surface area contributed by atoms with Crippen LogP contribution in [-0.4, -0.2) is 37.3 Å². The van der Waals surface area contributed by atoms with Crippen molar-refractivity contribution in [2.75, 3.05) is 22.9 Å². The van der Waals surface area contributed by atoms with E-state index in [1.807, 2.05) is 57.2 Å². The zero-order chi connectivity index (χ0) is 34.8. The maximum absolute atomic E-state index is 14.3. The van der Waals surface area contributed by atoms with Crippen LogP contribution in [0.1, 0.15) is 24.3 Å². The van der Waals surface area contributed by atoms with E-state index in [9.17, 15) is 23.6 Å². The number of thiophene rings is 1. The van der Waals surface area contributed by atoms with Gasteiger partial charge in [0.1, 0.15) is 16.5 Å². The van der Waals surface area contributed by atoms with Crippen LogP contribution < -0.4 is 27.4 Å². The standard InChI is InChI=1S/C36H33FN6O4S2/c1-21(2)18-41(30-31(38)42(35(47)39-32(30)45)19-23-10-6-4-7-11-23)27(44)20-48-36-40-33-29(34(46)43(36)26-12-8-5-9-13-26)28(22(3)49-33)24-14-16-25(37)17-15-24/h4-17,21H,18-20,38H2,1-3H3,(H,39,45,47). The molecular weight excluding hydrogens is 664 g/mol. The molecule has 3 aromatic heterocycles. The molecule has 6 rings (SSSR count). The van der Waals surface area contributed by atoms with Crippen molar-refractivity contribution < 1.29 is 9.18 Å². The first-order valence-corrected chi connectivity index (χ1v) is 17.3. The lowest BCUT2D eigenvalue weighted by molar-refractivity contribution is -0.116. The number of nitrogens with one attached hydrogen (secondary N) is 1. The van der Waals surface area contributed by atoms with E-state index in [4.69, 9.17) is 10.7 Å². The maximum Gasteiger partial charge on any atom is 0.330 e. The van der Waals surface area contributed by atoms with E-state index in [1.54, 1.807) is 36.4 Å². The number of anilines is 2. The molecule has 0 aliphatic rings. The van der Waals surface area contributed by atoms with Crippen molar-refractivity contribution >= 4 is 50.7 Å². The molecular formula is C36H33FN6O4S2. The molecule has 1 amide bonds. The number of thioether (sulfide) groups is 1. The van der Waals surface area contributed by atoms with Crippen molar-refractivity contribution in [2.45, 2.75) is 32.5 Å². The Bertz CT molecular complexity index is 2330. The Labute approximate surface area is 288 Å². The lowest BCUT2D eigenvalue weighted by Gasteiger charge is -2.26. The molecule has 0 radical (unpaired) electrons. The highest BCUT2D eigenvalue weighted by atomic mass is 32.2. The molecule has 0 saturated carbocycles. The first kappa shape index (κ1) is 33.6. The number of amides is 1. The van der Waals surface area contributed by atoms with Crippen LogP contribution in [0.3, 0.4) is 0 Å². The van der Waals surface area contributed by atoms with Crippen molar-refractivity contribution in [1.82, 2.24) is 19.1 Å². The van der Waals surface area contributed by atoms with Gasteiger partial charge < -0.3 is 10.6 Å². The Hall–Kier alpha value is -5.27. The topological polar surface area (TPSA) is 136 Å². The minimum absolute atomic E-state index is 0.0572. The average Bonchev–Trinajstić information content (AvgIpc) is 3.41. The van der Waals surface area contributed by atoms with Gasteiger partial charge in [-0.25, -0.2) is 14.2 Å². The molecule has 0 saturated heterocycles. The minimum Gasteiger partial charge on any atom is -0.383 e. The molecule has 0 unspecified atom stereocenters. The minimum atomic E-state index is -0.770. The van der Waals surface area contributed by atoms with Crippen LogP contribution in [0.4, 0.5) is 15.9 Å². The highest BCUT2D eigenvalue weighted by Gasteiger charge is 2.27. The first-order chi connectivity index (χ1) is 23.5. The van der Waals surface area contributed by atoms with Gasteiger partial charge in [-0.3, -0.25) is 28.5 Å². The quantitative estimate of drug-likeness (QED) is 0.136. The summed E-state index contributed by atoms with van der Waals surface area (Å²) in [6.07, 6.45) is 0. The first-order valence-electron chi connectivity index (χ1n) is 15.5. The van der Waals surface area contributed by atoms with Crippen LogP contribution in [0.2, 0.25) is 0 Å². The van der Waals surface area contributed by atoms with Gasteiger partial charge in [0.15, 0.2) is 10.8 Å². The Morgan fingerprint density at radius 2 is 1.65 bits per heavy atom. The molecule has 0 fully saturated rings. The molecule has 0 aliphatic carbocycles. The molecule has 0 atom stereocenters. The fraction of sp³-hybridized carbons (Fsp3) is 0.194. The third-order valence-electron chi connectivity index (χ3n) is 7.86. The van der Waals surface area contributed by atoms with E-state index in [-0.39, 0.29) is 52.8 Å². The summed E-state index contributed by atoms with van der Waals surface area (Å²) in [6, 6.07) is 24.1. The van der Waals surface area contributed by atoms with Crippen molar-refractivity contribution in [3.05, 3.63) is 132 Å². The number of para-hydroxylation sites is 1. The van der Waals surface area contributed by atoms with E-state index in [2.05, 4.69) is 4.98 Å². The van der Waals surface area contributed by atoms with Crippen molar-refractivity contribution in [2.24, 2.45) is 5.92 Å². The largest absolute Gasteiger partial charge is 0.383 e. The Kier molecular flexibility index (Phi) is 9.65. The molecule has 3 heterocycles. The van der Waals surface area contributed by atoms with Gasteiger partial charge in [0.05, 0.1) is 23.4 Å². The number of carbonyl (C=O) groups is 1. The van der Waals surface area contributed by atoms with Crippen LogP contribution in [-0.2, 0) is 11.3 Å². The van der Waals surface area contributed by atoms with Gasteiger partial charge >= 0.3 is 5.69 Å². The number of benzene rings is 3. The summed E-state index contributed by atoms with van der Waals surface area (Å²) < 4.78 is 16.5. The van der Waals surface area contributed by atoms with Crippen LogP contribution in [0.15, 0.2) is 104 Å². The molecule has 13 heteroatoms. The number of aryl methyl sites for hydroxylation is 1. The van der Waals surface area contributed by atoms with Gasteiger partial charge in [0.25, 0.3) is 11.1 Å². The Morgan fingerprint density at radius 3 is 2.31 bits per heavy atom. The lowest BCUT2D eigenvalue weighted by atomic mass is 10.0. The second kappa shape index (κ2) is 14.1. The van der Waals surface area contributed by atoms with E-state index in [1.165, 1.54) is 37.5 Å². The summed E-state index contributed by atoms with van der Waals surface area (Å²) in [5.41, 5.74) is 7.29. The zero-order valence-corrected chi connectivity index (χ0v) is 28.6. The fourth-order valence-electron chi connectivity index (χ4n) is 5.66. The summed E-state index contributed by atoms with van der Waals surface area (Å²) in [4.78, 5) is 64.3. The van der Waals surface area contributed by atoms with Crippen LogP contribution in [0, 0.1) is 18.7 Å². The fourth-order valence-corrected chi connectivity index (χ4v) is 7.63. The van der Waals surface area contributed by atoms with E-state index >= 15 is 0 Å². The molecule has 250 valence electrons. The summed E-state index contributed by atoms with van der Waals surface area (Å²) in [6.45, 7) is 5.94. The number of nitrogen functional groups attached to an aromatic ring is 1. The van der Waals surface area contributed by atoms with Gasteiger partial charge in [0, 0.05) is 17.0 Å². The summed E-state index contributed by atoms with van der Waals surface area (Å²) >= 11 is 2.40. The summed E-state index contributed by atoms with van der Waals surface area (Å²) in [7, 11) is 0. The number of hydrogen-bond acceptors (Lipinski definition) is 8. The number of nitrogens with zero attached hydrogens (tertiary/aromatic N) is 4. The third-order valence-corrected chi connectivity index (χ3v) is 9.78. The smallest absolute Gasteiger partial charge is 0.330 e. The van der Waals surface area contributed by atoms with E-state index in [0.29, 0.717) is 27.0 Å². The number of carbonyl (C=O) groups excluding carboxylic acids is 1. The highest BCUT2D eigenvalue weighted by molar-refractivity contribution is 7.99. The van der Waals surface area contributed by atoms with Crippen molar-refractivity contribution in [1.29, 1.82) is 0 Å². The number of rotatable bonds is 10. The molecule has 0 spiro atoms. The monoisotopic (exact) mass is 696 g/mol. The normalized spacial score (nSPS) is 11.4. The molecule has 3 aromatic carbocycles. The number of hydrogen-bond donors (Lipinski definition) is 2. The number of aromatic nitrogens is 4. The second-order valence-electron chi connectivity index (χ2n) is 11.8. The lowest BCUT2D eigenvalue weighted by Crippen LogP contribution is -2.43. The zero-order valence-electron chi connectivity index (χ0n) is 27.0. The van der Waals surface area contributed by atoms with Gasteiger partial charge in [-0.15, -0.1) is 11.3 Å². The summed E-state index contributed by atoms with van der Waals surface area (Å²) in [5, 5.41) is 0.680. The molecule has 3 N–H and O–H groups in total. The molecule has 0 bridgehead atoms. The highest BCUT2D eigenvalue weighted by Crippen LogP contribution is 2.37. The molecule has 6 aromatic rings. The Balaban J connectivity index is 1.41. The SMILES string of the molecule is Cc1sc2nc(SCC(=O)N(CC(C)C)c3c(N)n(Cc4ccccc4)c(=O)[nH]c3=O)n(-c3ccccc3)c(=O)c2c1-c1ccc(F)cc1. The number of fused-ring (bicyclic) bond motifs is 1. The third kappa shape index (κ3) is 6.85.